The van der Waals surface area contributed by atoms with Crippen molar-refractivity contribution >= 4 is 17.8 Å². The van der Waals surface area contributed by atoms with Crippen LogP contribution in [0.25, 0.3) is 16.8 Å². The molecule has 0 saturated carbocycles. The second-order valence-electron chi connectivity index (χ2n) is 7.11. The van der Waals surface area contributed by atoms with Gasteiger partial charge in [0.15, 0.2) is 5.69 Å². The van der Waals surface area contributed by atoms with Crippen LogP contribution < -0.4 is 15.4 Å². The molecule has 0 saturated heterocycles. The monoisotopic (exact) mass is 493 g/mol. The summed E-state index contributed by atoms with van der Waals surface area (Å²) in [4.78, 5) is 31.2. The number of amides is 3. The molecule has 3 aromatic rings. The number of rotatable bonds is 8. The topological polar surface area (TPSA) is 134 Å². The SMILES string of the molecule is CCNC(=O)Nc1cc(-n2ccc(C(F)(F)F)n2)c(-c2cncc(OCCN(O)C(C)=O)c2)cn1. The highest BCUT2D eigenvalue weighted by Crippen LogP contribution is 2.32. The van der Waals surface area contributed by atoms with Gasteiger partial charge >= 0.3 is 12.2 Å². The van der Waals surface area contributed by atoms with Gasteiger partial charge in [-0.1, -0.05) is 0 Å². The Hall–Kier alpha value is -4.20. The summed E-state index contributed by atoms with van der Waals surface area (Å²) in [6.07, 6.45) is 0.705. The van der Waals surface area contributed by atoms with Crippen molar-refractivity contribution in [2.45, 2.75) is 20.0 Å². The number of carbonyl (C=O) groups is 2. The first-order valence-electron chi connectivity index (χ1n) is 10.3. The van der Waals surface area contributed by atoms with E-state index < -0.39 is 23.8 Å². The molecule has 0 spiro atoms. The summed E-state index contributed by atoms with van der Waals surface area (Å²) in [7, 11) is 0. The van der Waals surface area contributed by atoms with Crippen LogP contribution >= 0.6 is 0 Å². The number of anilines is 1. The number of ether oxygens (including phenoxy) is 1. The molecule has 186 valence electrons. The van der Waals surface area contributed by atoms with E-state index in [4.69, 9.17) is 4.74 Å². The van der Waals surface area contributed by atoms with Gasteiger partial charge in [-0.25, -0.2) is 19.5 Å². The van der Waals surface area contributed by atoms with E-state index in [0.717, 1.165) is 16.9 Å². The van der Waals surface area contributed by atoms with Crippen LogP contribution in [0, 0.1) is 0 Å². The lowest BCUT2D eigenvalue weighted by Crippen LogP contribution is -2.29. The molecule has 35 heavy (non-hydrogen) atoms. The van der Waals surface area contributed by atoms with E-state index in [0.29, 0.717) is 22.7 Å². The Bertz CT molecular complexity index is 1200. The molecule has 3 amide bonds. The second kappa shape index (κ2) is 10.8. The lowest BCUT2D eigenvalue weighted by atomic mass is 10.1. The number of urea groups is 1. The third kappa shape index (κ3) is 6.66. The second-order valence-corrected chi connectivity index (χ2v) is 7.11. The molecule has 0 atom stereocenters. The maximum atomic E-state index is 13.1. The Morgan fingerprint density at radius 3 is 2.66 bits per heavy atom. The first-order chi connectivity index (χ1) is 16.6. The van der Waals surface area contributed by atoms with Crippen LogP contribution in [0.3, 0.4) is 0 Å². The van der Waals surface area contributed by atoms with Crippen molar-refractivity contribution in [2.75, 3.05) is 25.0 Å². The molecule has 0 radical (unpaired) electrons. The van der Waals surface area contributed by atoms with Gasteiger partial charge in [-0.15, -0.1) is 0 Å². The normalized spacial score (nSPS) is 11.1. The van der Waals surface area contributed by atoms with E-state index in [-0.39, 0.29) is 30.4 Å². The molecule has 0 bridgehead atoms. The minimum Gasteiger partial charge on any atom is -0.490 e. The Labute approximate surface area is 197 Å². The van der Waals surface area contributed by atoms with Crippen molar-refractivity contribution in [2.24, 2.45) is 0 Å². The number of carbonyl (C=O) groups excluding carboxylic acids is 2. The molecule has 0 fully saturated rings. The molecule has 11 nitrogen and oxygen atoms in total. The van der Waals surface area contributed by atoms with Crippen LogP contribution in [0.5, 0.6) is 5.75 Å². The van der Waals surface area contributed by atoms with Gasteiger partial charge in [0.25, 0.3) is 0 Å². The minimum atomic E-state index is -4.64. The minimum absolute atomic E-state index is 0.0319. The molecule has 14 heteroatoms. The van der Waals surface area contributed by atoms with Crippen molar-refractivity contribution in [1.82, 2.24) is 30.1 Å². The van der Waals surface area contributed by atoms with Crippen LogP contribution in [0.15, 0.2) is 43.0 Å². The first kappa shape index (κ1) is 25.4. The van der Waals surface area contributed by atoms with E-state index in [2.05, 4.69) is 25.7 Å². The van der Waals surface area contributed by atoms with Crippen molar-refractivity contribution in [3.63, 3.8) is 0 Å². The summed E-state index contributed by atoms with van der Waals surface area (Å²) in [5.74, 6) is -0.173. The van der Waals surface area contributed by atoms with Crippen molar-refractivity contribution in [1.29, 1.82) is 0 Å². The van der Waals surface area contributed by atoms with Crippen LogP contribution in [0.1, 0.15) is 19.5 Å². The molecule has 3 aromatic heterocycles. The Kier molecular flexibility index (Phi) is 7.86. The lowest BCUT2D eigenvalue weighted by Gasteiger charge is -2.15. The van der Waals surface area contributed by atoms with Gasteiger partial charge in [-0.2, -0.15) is 18.3 Å². The molecule has 3 rings (SSSR count). The lowest BCUT2D eigenvalue weighted by molar-refractivity contribution is -0.163. The number of aromatic nitrogens is 4. The Balaban J connectivity index is 1.95. The van der Waals surface area contributed by atoms with Gasteiger partial charge in [0.1, 0.15) is 18.2 Å². The molecule has 0 aliphatic carbocycles. The highest BCUT2D eigenvalue weighted by molar-refractivity contribution is 5.89. The van der Waals surface area contributed by atoms with E-state index in [1.165, 1.54) is 31.6 Å². The van der Waals surface area contributed by atoms with Gasteiger partial charge < -0.3 is 10.1 Å². The summed E-state index contributed by atoms with van der Waals surface area (Å²) in [6.45, 7) is 3.17. The van der Waals surface area contributed by atoms with Crippen molar-refractivity contribution < 1.29 is 32.7 Å². The van der Waals surface area contributed by atoms with Crippen LogP contribution in [0.4, 0.5) is 23.8 Å². The molecular formula is C21H22F3N7O4. The number of pyridine rings is 2. The van der Waals surface area contributed by atoms with E-state index in [1.54, 1.807) is 13.0 Å². The predicted molar refractivity (Wildman–Crippen MR) is 117 cm³/mol. The van der Waals surface area contributed by atoms with Crippen LogP contribution in [0.2, 0.25) is 0 Å². The average molecular weight is 493 g/mol. The Morgan fingerprint density at radius 1 is 1.23 bits per heavy atom. The summed E-state index contributed by atoms with van der Waals surface area (Å²) < 4.78 is 45.9. The molecule has 3 N–H and O–H groups in total. The molecule has 0 aromatic carbocycles. The molecule has 0 unspecified atom stereocenters. The molecule has 0 aliphatic heterocycles. The largest absolute Gasteiger partial charge is 0.490 e. The van der Waals surface area contributed by atoms with Crippen LogP contribution in [-0.4, -0.2) is 61.7 Å². The average Bonchev–Trinajstić information content (AvgIpc) is 3.30. The zero-order valence-corrected chi connectivity index (χ0v) is 18.7. The third-order valence-corrected chi connectivity index (χ3v) is 4.55. The summed E-state index contributed by atoms with van der Waals surface area (Å²) >= 11 is 0. The number of hydrogen-bond acceptors (Lipinski definition) is 7. The number of nitrogens with zero attached hydrogens (tertiary/aromatic N) is 5. The maximum Gasteiger partial charge on any atom is 0.435 e. The fourth-order valence-electron chi connectivity index (χ4n) is 2.91. The smallest absolute Gasteiger partial charge is 0.435 e. The van der Waals surface area contributed by atoms with Gasteiger partial charge in [0.2, 0.25) is 5.91 Å². The summed E-state index contributed by atoms with van der Waals surface area (Å²) in [5.41, 5.74) is -0.105. The van der Waals surface area contributed by atoms with Gasteiger partial charge in [0.05, 0.1) is 18.4 Å². The van der Waals surface area contributed by atoms with E-state index in [9.17, 15) is 28.0 Å². The van der Waals surface area contributed by atoms with Crippen LogP contribution in [-0.2, 0) is 11.0 Å². The maximum absolute atomic E-state index is 13.1. The number of halogens is 3. The fourth-order valence-corrected chi connectivity index (χ4v) is 2.91. The quantitative estimate of drug-likeness (QED) is 0.324. The standard InChI is InChI=1S/C21H22F3N7O4/c1-3-26-20(33)28-19-9-17(30-5-4-18(29-30)21(22,23)24)16(12-27-19)14-8-15(11-25-10-14)35-7-6-31(34)13(2)32/h4-5,8-12,34H,3,6-7H2,1-2H3,(H2,26,27,28,33). The number of nitrogens with one attached hydrogen (secondary N) is 2. The Morgan fingerprint density at radius 2 is 2.00 bits per heavy atom. The fraction of sp³-hybridized carbons (Fsp3) is 0.286. The number of hydroxylamine groups is 2. The molecule has 0 aliphatic rings. The molecular weight excluding hydrogens is 471 g/mol. The van der Waals surface area contributed by atoms with Crippen molar-refractivity contribution in [3.05, 3.63) is 48.7 Å². The van der Waals surface area contributed by atoms with Crippen molar-refractivity contribution in [3.8, 4) is 22.6 Å². The zero-order valence-electron chi connectivity index (χ0n) is 18.7. The third-order valence-electron chi connectivity index (χ3n) is 4.55. The number of alkyl halides is 3. The van der Waals surface area contributed by atoms with Gasteiger partial charge in [-0.3, -0.25) is 20.3 Å². The zero-order chi connectivity index (χ0) is 25.6. The predicted octanol–water partition coefficient (Wildman–Crippen LogP) is 3.11. The van der Waals surface area contributed by atoms with Gasteiger partial charge in [0, 0.05) is 49.3 Å². The highest BCUT2D eigenvalue weighted by atomic mass is 19.4. The van der Waals surface area contributed by atoms with E-state index >= 15 is 0 Å². The van der Waals surface area contributed by atoms with Gasteiger partial charge in [-0.05, 0) is 19.1 Å². The summed E-state index contributed by atoms with van der Waals surface area (Å²) in [6, 6.07) is 3.24. The van der Waals surface area contributed by atoms with E-state index in [1.807, 2.05) is 0 Å². The first-order valence-corrected chi connectivity index (χ1v) is 10.3. The molecule has 3 heterocycles. The highest BCUT2D eigenvalue weighted by Gasteiger charge is 2.34. The number of hydrogen-bond donors (Lipinski definition) is 3. The summed E-state index contributed by atoms with van der Waals surface area (Å²) in [5, 5.41) is 18.6.